The molecule has 0 radical (unpaired) electrons. The number of hydroxylamine groups is 1. The summed E-state index contributed by atoms with van der Waals surface area (Å²) in [6, 6.07) is 7.18. The van der Waals surface area contributed by atoms with Gasteiger partial charge in [0.2, 0.25) is 0 Å². The van der Waals surface area contributed by atoms with Crippen molar-refractivity contribution < 1.29 is 14.4 Å². The molecule has 1 aliphatic rings. The van der Waals surface area contributed by atoms with Crippen LogP contribution in [0.2, 0.25) is 5.02 Å². The molecule has 1 aromatic rings. The lowest BCUT2D eigenvalue weighted by Crippen LogP contribution is -2.51. The number of Topliss-reactive ketones (excluding diaryl/α,β-unsaturated/α-hetero) is 1. The number of carbonyl (C=O) groups is 2. The Labute approximate surface area is 123 Å². The van der Waals surface area contributed by atoms with Gasteiger partial charge in [-0.25, -0.2) is 0 Å². The van der Waals surface area contributed by atoms with E-state index in [0.717, 1.165) is 12.8 Å². The zero-order valence-electron chi connectivity index (χ0n) is 11.4. The highest BCUT2D eigenvalue weighted by Gasteiger charge is 2.44. The van der Waals surface area contributed by atoms with Crippen molar-refractivity contribution in [2.24, 2.45) is 0 Å². The maximum absolute atomic E-state index is 12.5. The van der Waals surface area contributed by atoms with Crippen LogP contribution in [0.3, 0.4) is 0 Å². The van der Waals surface area contributed by atoms with Gasteiger partial charge in [-0.2, -0.15) is 0 Å². The van der Waals surface area contributed by atoms with E-state index >= 15 is 0 Å². The largest absolute Gasteiger partial charge is 0.369 e. The summed E-state index contributed by atoms with van der Waals surface area (Å²) >= 11 is 6.23. The van der Waals surface area contributed by atoms with Gasteiger partial charge in [0.1, 0.15) is 5.54 Å². The molecule has 2 rings (SSSR count). The van der Waals surface area contributed by atoms with Crippen molar-refractivity contribution in [2.45, 2.75) is 44.6 Å². The molecule has 0 aliphatic heterocycles. The quantitative estimate of drug-likeness (QED) is 0.867. The van der Waals surface area contributed by atoms with Gasteiger partial charge in [-0.05, 0) is 18.9 Å². The minimum atomic E-state index is -1.01. The molecular formula is C15H18ClNO3. The second-order valence-electron chi connectivity index (χ2n) is 4.95. The average Bonchev–Trinajstić information content (AvgIpc) is 2.47. The maximum Gasteiger partial charge on any atom is 0.324 e. The van der Waals surface area contributed by atoms with E-state index in [4.69, 9.17) is 16.4 Å². The maximum atomic E-state index is 12.5. The molecule has 5 heteroatoms. The lowest BCUT2D eigenvalue weighted by molar-refractivity contribution is -0.160. The van der Waals surface area contributed by atoms with E-state index in [0.29, 0.717) is 23.4 Å². The molecule has 1 aliphatic carbocycles. The van der Waals surface area contributed by atoms with E-state index < -0.39 is 11.5 Å². The highest BCUT2D eigenvalue weighted by Crippen LogP contribution is 2.38. The van der Waals surface area contributed by atoms with Crippen LogP contribution >= 0.6 is 11.6 Å². The fourth-order valence-corrected chi connectivity index (χ4v) is 2.80. The molecule has 1 aromatic carbocycles. The molecule has 1 saturated carbocycles. The molecule has 0 heterocycles. The number of benzene rings is 1. The van der Waals surface area contributed by atoms with Crippen LogP contribution in [0.15, 0.2) is 24.3 Å². The van der Waals surface area contributed by atoms with Crippen LogP contribution in [0, 0.1) is 0 Å². The Hall–Kier alpha value is -1.39. The Kier molecular flexibility index (Phi) is 4.78. The van der Waals surface area contributed by atoms with Gasteiger partial charge in [0.15, 0.2) is 5.78 Å². The molecular weight excluding hydrogens is 278 g/mol. The second kappa shape index (κ2) is 6.37. The van der Waals surface area contributed by atoms with E-state index in [1.165, 1.54) is 0 Å². The lowest BCUT2D eigenvalue weighted by atomic mass is 9.76. The Morgan fingerprint density at radius 3 is 2.80 bits per heavy atom. The van der Waals surface area contributed by atoms with Gasteiger partial charge in [0, 0.05) is 23.4 Å². The summed E-state index contributed by atoms with van der Waals surface area (Å²) in [6.07, 6.45) is 3.02. The van der Waals surface area contributed by atoms with Crippen molar-refractivity contribution in [3.63, 3.8) is 0 Å². The highest BCUT2D eigenvalue weighted by molar-refractivity contribution is 6.31. The molecule has 1 fully saturated rings. The van der Waals surface area contributed by atoms with Crippen molar-refractivity contribution in [2.75, 3.05) is 0 Å². The van der Waals surface area contributed by atoms with Gasteiger partial charge in [-0.1, -0.05) is 43.1 Å². The minimum Gasteiger partial charge on any atom is -0.369 e. The first-order valence-corrected chi connectivity index (χ1v) is 7.23. The van der Waals surface area contributed by atoms with Crippen molar-refractivity contribution in [1.29, 1.82) is 0 Å². The van der Waals surface area contributed by atoms with Crippen LogP contribution < -0.4 is 5.48 Å². The summed E-state index contributed by atoms with van der Waals surface area (Å²) in [5, 5.41) is 0.503. The van der Waals surface area contributed by atoms with Crippen molar-refractivity contribution in [3.05, 3.63) is 34.9 Å². The van der Waals surface area contributed by atoms with Gasteiger partial charge < -0.3 is 4.84 Å². The standard InChI is InChI=1S/C15H18ClNO3/c1-2-14(19)20-17-15(10-6-5-9-13(15)18)11-7-3-4-8-12(11)16/h3-4,7-8,17H,2,5-6,9-10H2,1H3. The number of carbonyl (C=O) groups excluding carboxylic acids is 2. The lowest BCUT2D eigenvalue weighted by Gasteiger charge is -2.36. The fourth-order valence-electron chi connectivity index (χ4n) is 2.50. The first kappa shape index (κ1) is 15.0. The van der Waals surface area contributed by atoms with Crippen LogP contribution in [-0.2, 0) is 20.0 Å². The number of hydrogen-bond donors (Lipinski definition) is 1. The highest BCUT2D eigenvalue weighted by atomic mass is 35.5. The van der Waals surface area contributed by atoms with E-state index in [1.807, 2.05) is 12.1 Å². The molecule has 108 valence electrons. The number of halogens is 1. The fraction of sp³-hybridized carbons (Fsp3) is 0.467. The molecule has 0 spiro atoms. The van der Waals surface area contributed by atoms with Crippen LogP contribution in [0.4, 0.5) is 0 Å². The molecule has 0 bridgehead atoms. The molecule has 0 saturated heterocycles. The summed E-state index contributed by atoms with van der Waals surface area (Å²) in [7, 11) is 0. The van der Waals surface area contributed by atoms with E-state index in [2.05, 4.69) is 5.48 Å². The third-order valence-corrected chi connectivity index (χ3v) is 3.97. The molecule has 0 aromatic heterocycles. The van der Waals surface area contributed by atoms with Crippen molar-refractivity contribution >= 4 is 23.4 Å². The third-order valence-electron chi connectivity index (χ3n) is 3.64. The summed E-state index contributed by atoms with van der Waals surface area (Å²) < 4.78 is 0. The Bertz CT molecular complexity index is 518. The number of rotatable bonds is 4. The molecule has 1 unspecified atom stereocenters. The second-order valence-corrected chi connectivity index (χ2v) is 5.35. The van der Waals surface area contributed by atoms with Crippen LogP contribution in [0.1, 0.15) is 44.6 Å². The Morgan fingerprint density at radius 1 is 1.40 bits per heavy atom. The number of hydrogen-bond acceptors (Lipinski definition) is 4. The number of nitrogens with one attached hydrogen (secondary N) is 1. The Morgan fingerprint density at radius 2 is 2.15 bits per heavy atom. The van der Waals surface area contributed by atoms with Gasteiger partial charge in [0.05, 0.1) is 0 Å². The normalized spacial score (nSPS) is 22.6. The van der Waals surface area contributed by atoms with E-state index in [-0.39, 0.29) is 12.2 Å². The first-order valence-electron chi connectivity index (χ1n) is 6.85. The SMILES string of the molecule is CCC(=O)ONC1(c2ccccc2Cl)CCCCC1=O. The average molecular weight is 296 g/mol. The van der Waals surface area contributed by atoms with Gasteiger partial charge in [-0.3, -0.25) is 9.59 Å². The predicted molar refractivity (Wildman–Crippen MR) is 76.1 cm³/mol. The number of ketones is 1. The first-order chi connectivity index (χ1) is 9.60. The monoisotopic (exact) mass is 295 g/mol. The van der Waals surface area contributed by atoms with Gasteiger partial charge in [-0.15, -0.1) is 5.48 Å². The summed E-state index contributed by atoms with van der Waals surface area (Å²) in [6.45, 7) is 1.70. The third kappa shape index (κ3) is 2.86. The molecule has 1 N–H and O–H groups in total. The summed E-state index contributed by atoms with van der Waals surface area (Å²) in [5.74, 6) is -0.379. The Balaban J connectivity index is 2.36. The summed E-state index contributed by atoms with van der Waals surface area (Å²) in [4.78, 5) is 28.9. The summed E-state index contributed by atoms with van der Waals surface area (Å²) in [5.41, 5.74) is 2.37. The van der Waals surface area contributed by atoms with Crippen LogP contribution in [0.25, 0.3) is 0 Å². The molecule has 20 heavy (non-hydrogen) atoms. The molecule has 4 nitrogen and oxygen atoms in total. The van der Waals surface area contributed by atoms with E-state index in [9.17, 15) is 9.59 Å². The van der Waals surface area contributed by atoms with Crippen molar-refractivity contribution in [3.8, 4) is 0 Å². The molecule has 0 amide bonds. The predicted octanol–water partition coefficient (Wildman–Crippen LogP) is 3.14. The van der Waals surface area contributed by atoms with Crippen molar-refractivity contribution in [1.82, 2.24) is 5.48 Å². The van der Waals surface area contributed by atoms with Gasteiger partial charge in [0.25, 0.3) is 0 Å². The van der Waals surface area contributed by atoms with Gasteiger partial charge >= 0.3 is 5.97 Å². The zero-order chi connectivity index (χ0) is 14.6. The molecule has 1 atom stereocenters. The van der Waals surface area contributed by atoms with Crippen LogP contribution in [0.5, 0.6) is 0 Å². The topological polar surface area (TPSA) is 55.4 Å². The van der Waals surface area contributed by atoms with Crippen LogP contribution in [-0.4, -0.2) is 11.8 Å². The smallest absolute Gasteiger partial charge is 0.324 e. The zero-order valence-corrected chi connectivity index (χ0v) is 12.2. The minimum absolute atomic E-state index is 0.0146. The van der Waals surface area contributed by atoms with E-state index in [1.54, 1.807) is 19.1 Å².